The van der Waals surface area contributed by atoms with Crippen molar-refractivity contribution in [3.63, 3.8) is 0 Å². The van der Waals surface area contributed by atoms with Gasteiger partial charge in [-0.25, -0.2) is 0 Å². The number of nitrogens with zero attached hydrogens (tertiary/aromatic N) is 2. The van der Waals surface area contributed by atoms with Crippen molar-refractivity contribution in [1.29, 1.82) is 0 Å². The zero-order chi connectivity index (χ0) is 19.7. The predicted molar refractivity (Wildman–Crippen MR) is 112 cm³/mol. The molecule has 1 aliphatic carbocycles. The van der Waals surface area contributed by atoms with Crippen molar-refractivity contribution in [3.05, 3.63) is 64.7 Å². The van der Waals surface area contributed by atoms with Gasteiger partial charge in [0.05, 0.1) is 19.1 Å². The van der Waals surface area contributed by atoms with Crippen molar-refractivity contribution in [2.75, 3.05) is 33.8 Å². The highest BCUT2D eigenvalue weighted by molar-refractivity contribution is 6.30. The van der Waals surface area contributed by atoms with E-state index in [1.807, 2.05) is 36.4 Å². The standard InChI is InChI=1S/C23H27ClN2O2/c1-25-12-13-26(15-21(25)18-4-3-5-20(14-18)28-2)23(27)22(16-6-7-16)17-8-10-19(24)11-9-17/h3-5,8-11,14,16,21-22H,6-7,12-13,15H2,1-2H3. The number of hydrogen-bond acceptors (Lipinski definition) is 3. The number of carbonyl (C=O) groups excluding carboxylic acids is 1. The summed E-state index contributed by atoms with van der Waals surface area (Å²) >= 11 is 6.06. The monoisotopic (exact) mass is 398 g/mol. The lowest BCUT2D eigenvalue weighted by Gasteiger charge is -2.41. The minimum atomic E-state index is -0.0494. The van der Waals surface area contributed by atoms with Crippen LogP contribution in [-0.4, -0.2) is 49.5 Å². The van der Waals surface area contributed by atoms with Crippen LogP contribution in [0.2, 0.25) is 5.02 Å². The minimum absolute atomic E-state index is 0.0494. The molecule has 1 aliphatic heterocycles. The molecule has 1 amide bonds. The van der Waals surface area contributed by atoms with Gasteiger partial charge in [-0.1, -0.05) is 35.9 Å². The molecule has 1 saturated carbocycles. The fourth-order valence-corrected chi connectivity index (χ4v) is 4.32. The number of carbonyl (C=O) groups is 1. The summed E-state index contributed by atoms with van der Waals surface area (Å²) in [7, 11) is 3.81. The van der Waals surface area contributed by atoms with Gasteiger partial charge in [0.2, 0.25) is 5.91 Å². The fraction of sp³-hybridized carbons (Fsp3) is 0.435. The molecular formula is C23H27ClN2O2. The lowest BCUT2D eigenvalue weighted by atomic mass is 9.91. The topological polar surface area (TPSA) is 32.8 Å². The SMILES string of the molecule is COc1cccc(C2CN(C(=O)C(c3ccc(Cl)cc3)C3CC3)CCN2C)c1. The van der Waals surface area contributed by atoms with E-state index in [0.29, 0.717) is 17.5 Å². The van der Waals surface area contributed by atoms with Gasteiger partial charge in [-0.15, -0.1) is 0 Å². The molecule has 28 heavy (non-hydrogen) atoms. The van der Waals surface area contributed by atoms with E-state index in [-0.39, 0.29) is 17.9 Å². The normalized spacial score (nSPS) is 21.4. The van der Waals surface area contributed by atoms with Crippen LogP contribution in [0.1, 0.15) is 35.9 Å². The average molecular weight is 399 g/mol. The molecule has 2 aliphatic rings. The van der Waals surface area contributed by atoms with Gasteiger partial charge >= 0.3 is 0 Å². The van der Waals surface area contributed by atoms with Crippen LogP contribution in [0.15, 0.2) is 48.5 Å². The average Bonchev–Trinajstić information content (AvgIpc) is 3.55. The quantitative estimate of drug-likeness (QED) is 0.750. The van der Waals surface area contributed by atoms with Crippen molar-refractivity contribution in [2.45, 2.75) is 24.8 Å². The van der Waals surface area contributed by atoms with Gasteiger partial charge in [-0.2, -0.15) is 0 Å². The lowest BCUT2D eigenvalue weighted by Crippen LogP contribution is -2.50. The van der Waals surface area contributed by atoms with Crippen LogP contribution in [0, 0.1) is 5.92 Å². The molecule has 2 atom stereocenters. The Bertz CT molecular complexity index is 835. The van der Waals surface area contributed by atoms with Gasteiger partial charge in [0.15, 0.2) is 0 Å². The molecule has 0 radical (unpaired) electrons. The fourth-order valence-electron chi connectivity index (χ4n) is 4.20. The van der Waals surface area contributed by atoms with E-state index in [4.69, 9.17) is 16.3 Å². The summed E-state index contributed by atoms with van der Waals surface area (Å²) in [5.41, 5.74) is 2.28. The second-order valence-corrected chi connectivity index (χ2v) is 8.36. The van der Waals surface area contributed by atoms with E-state index in [1.165, 1.54) is 5.56 Å². The highest BCUT2D eigenvalue weighted by Crippen LogP contribution is 2.44. The Kier molecular flexibility index (Phi) is 5.61. The molecule has 5 heteroatoms. The Morgan fingerprint density at radius 1 is 1.14 bits per heavy atom. The number of hydrogen-bond donors (Lipinski definition) is 0. The number of likely N-dealkylation sites (N-methyl/N-ethyl adjacent to an activating group) is 1. The van der Waals surface area contributed by atoms with Gasteiger partial charge in [0, 0.05) is 24.7 Å². The second-order valence-electron chi connectivity index (χ2n) is 7.92. The van der Waals surface area contributed by atoms with Crippen LogP contribution in [0.5, 0.6) is 5.75 Å². The Morgan fingerprint density at radius 2 is 1.89 bits per heavy atom. The molecule has 1 saturated heterocycles. The number of methoxy groups -OCH3 is 1. The maximum absolute atomic E-state index is 13.5. The Hall–Kier alpha value is -2.04. The highest BCUT2D eigenvalue weighted by Gasteiger charge is 2.41. The summed E-state index contributed by atoms with van der Waals surface area (Å²) in [6.07, 6.45) is 2.26. The summed E-state index contributed by atoms with van der Waals surface area (Å²) in [5, 5.41) is 0.712. The van der Waals surface area contributed by atoms with Crippen LogP contribution in [-0.2, 0) is 4.79 Å². The number of halogens is 1. The zero-order valence-electron chi connectivity index (χ0n) is 16.5. The van der Waals surface area contributed by atoms with E-state index in [2.05, 4.69) is 29.0 Å². The van der Waals surface area contributed by atoms with Crippen molar-refractivity contribution in [3.8, 4) is 5.75 Å². The zero-order valence-corrected chi connectivity index (χ0v) is 17.2. The lowest BCUT2D eigenvalue weighted by molar-refractivity contribution is -0.136. The van der Waals surface area contributed by atoms with Gasteiger partial charge < -0.3 is 9.64 Å². The molecule has 0 N–H and O–H groups in total. The molecule has 2 unspecified atom stereocenters. The first-order chi connectivity index (χ1) is 13.6. The summed E-state index contributed by atoms with van der Waals surface area (Å²) in [6.45, 7) is 2.34. The van der Waals surface area contributed by atoms with Gasteiger partial charge in [-0.3, -0.25) is 9.69 Å². The largest absolute Gasteiger partial charge is 0.497 e. The Labute approximate surface area is 172 Å². The van der Waals surface area contributed by atoms with Crippen LogP contribution >= 0.6 is 11.6 Å². The van der Waals surface area contributed by atoms with Gasteiger partial charge in [0.25, 0.3) is 0 Å². The summed E-state index contributed by atoms with van der Waals surface area (Å²) < 4.78 is 5.39. The number of ether oxygens (including phenoxy) is 1. The van der Waals surface area contributed by atoms with E-state index in [9.17, 15) is 4.79 Å². The second kappa shape index (κ2) is 8.14. The number of benzene rings is 2. The molecule has 4 rings (SSSR count). The molecule has 4 nitrogen and oxygen atoms in total. The third-order valence-electron chi connectivity index (χ3n) is 6.03. The van der Waals surface area contributed by atoms with Crippen LogP contribution in [0.25, 0.3) is 0 Å². The number of piperazine rings is 1. The maximum Gasteiger partial charge on any atom is 0.230 e. The third-order valence-corrected chi connectivity index (χ3v) is 6.28. The Morgan fingerprint density at radius 3 is 2.57 bits per heavy atom. The van der Waals surface area contributed by atoms with E-state index < -0.39 is 0 Å². The van der Waals surface area contributed by atoms with Crippen molar-refractivity contribution < 1.29 is 9.53 Å². The van der Waals surface area contributed by atoms with Crippen molar-refractivity contribution >= 4 is 17.5 Å². The molecule has 0 spiro atoms. The smallest absolute Gasteiger partial charge is 0.230 e. The third kappa shape index (κ3) is 4.03. The molecular weight excluding hydrogens is 372 g/mol. The predicted octanol–water partition coefficient (Wildman–Crippen LogP) is 4.36. The van der Waals surface area contributed by atoms with Gasteiger partial charge in [0.1, 0.15) is 5.75 Å². The molecule has 2 aromatic carbocycles. The molecule has 2 aromatic rings. The molecule has 2 fully saturated rings. The maximum atomic E-state index is 13.5. The summed E-state index contributed by atoms with van der Waals surface area (Å²) in [6, 6.07) is 16.2. The highest BCUT2D eigenvalue weighted by atomic mass is 35.5. The minimum Gasteiger partial charge on any atom is -0.497 e. The first-order valence-electron chi connectivity index (χ1n) is 9.95. The van der Waals surface area contributed by atoms with Crippen LogP contribution in [0.3, 0.4) is 0 Å². The van der Waals surface area contributed by atoms with Gasteiger partial charge in [-0.05, 0) is 61.2 Å². The van der Waals surface area contributed by atoms with Crippen LogP contribution in [0.4, 0.5) is 0 Å². The number of rotatable bonds is 5. The molecule has 148 valence electrons. The number of amides is 1. The Balaban J connectivity index is 1.55. The molecule has 0 bridgehead atoms. The summed E-state index contributed by atoms with van der Waals surface area (Å²) in [5.74, 6) is 1.52. The first kappa shape index (κ1) is 19.3. The molecule has 1 heterocycles. The van der Waals surface area contributed by atoms with E-state index in [1.54, 1.807) is 7.11 Å². The van der Waals surface area contributed by atoms with Crippen molar-refractivity contribution in [1.82, 2.24) is 9.80 Å². The van der Waals surface area contributed by atoms with E-state index in [0.717, 1.165) is 37.2 Å². The summed E-state index contributed by atoms with van der Waals surface area (Å²) in [4.78, 5) is 17.9. The van der Waals surface area contributed by atoms with Crippen LogP contribution < -0.4 is 4.74 Å². The van der Waals surface area contributed by atoms with E-state index >= 15 is 0 Å². The van der Waals surface area contributed by atoms with Crippen molar-refractivity contribution in [2.24, 2.45) is 5.92 Å². The molecule has 0 aromatic heterocycles. The first-order valence-corrected chi connectivity index (χ1v) is 10.3.